The summed E-state index contributed by atoms with van der Waals surface area (Å²) >= 11 is 0. The lowest BCUT2D eigenvalue weighted by Gasteiger charge is -2.59. The van der Waals surface area contributed by atoms with E-state index in [1.165, 1.54) is 44.6 Å². The molecular weight excluding hydrogens is 382 g/mol. The first kappa shape index (κ1) is 19.8. The van der Waals surface area contributed by atoms with Crippen LogP contribution in [-0.2, 0) is 4.74 Å². The maximum atomic E-state index is 13.0. The summed E-state index contributed by atoms with van der Waals surface area (Å²) in [5, 5.41) is 14.9. The molecule has 7 nitrogen and oxygen atoms in total. The quantitative estimate of drug-likeness (QED) is 0.587. The highest BCUT2D eigenvalue weighted by atomic mass is 16.6. The van der Waals surface area contributed by atoms with Crippen LogP contribution >= 0.6 is 0 Å². The van der Waals surface area contributed by atoms with Crippen LogP contribution in [0.4, 0.5) is 11.4 Å². The van der Waals surface area contributed by atoms with E-state index in [4.69, 9.17) is 4.74 Å². The number of hydrogen-bond acceptors (Lipinski definition) is 5. The van der Waals surface area contributed by atoms with Crippen LogP contribution in [0.3, 0.4) is 0 Å². The molecule has 1 saturated heterocycles. The molecule has 1 aliphatic heterocycles. The fourth-order valence-electron chi connectivity index (χ4n) is 7.02. The van der Waals surface area contributed by atoms with E-state index in [0.29, 0.717) is 37.6 Å². The second kappa shape index (κ2) is 7.52. The van der Waals surface area contributed by atoms with Crippen LogP contribution in [-0.4, -0.2) is 43.2 Å². The summed E-state index contributed by atoms with van der Waals surface area (Å²) in [4.78, 5) is 26.3. The van der Waals surface area contributed by atoms with Crippen LogP contribution in [0.5, 0.6) is 0 Å². The number of nitrogens with one attached hydrogen (secondary N) is 1. The number of nitrogens with zero attached hydrogens (tertiary/aromatic N) is 2. The molecule has 0 unspecified atom stereocenters. The molecule has 0 radical (unpaired) electrons. The molecule has 30 heavy (non-hydrogen) atoms. The molecule has 4 bridgehead atoms. The molecule has 1 atom stereocenters. The van der Waals surface area contributed by atoms with Crippen molar-refractivity contribution < 1.29 is 14.5 Å². The van der Waals surface area contributed by atoms with Crippen molar-refractivity contribution in [3.63, 3.8) is 0 Å². The van der Waals surface area contributed by atoms with E-state index < -0.39 is 0 Å². The molecule has 4 saturated carbocycles. The molecule has 0 spiro atoms. The molecule has 1 aromatic rings. The van der Waals surface area contributed by atoms with Crippen LogP contribution in [0.15, 0.2) is 18.2 Å². The number of nitro groups is 1. The summed E-state index contributed by atoms with van der Waals surface area (Å²) in [6.45, 7) is 4.50. The van der Waals surface area contributed by atoms with Crippen molar-refractivity contribution in [2.45, 2.75) is 51.5 Å². The number of anilines is 1. The van der Waals surface area contributed by atoms with Gasteiger partial charge in [-0.05, 0) is 80.8 Å². The number of carbonyl (C=O) groups is 1. The average Bonchev–Trinajstić information content (AvgIpc) is 2.73. The van der Waals surface area contributed by atoms with Crippen molar-refractivity contribution in [2.24, 2.45) is 23.2 Å². The second-order valence-corrected chi connectivity index (χ2v) is 10.0. The van der Waals surface area contributed by atoms with Gasteiger partial charge in [-0.25, -0.2) is 0 Å². The van der Waals surface area contributed by atoms with Gasteiger partial charge in [0.1, 0.15) is 5.69 Å². The van der Waals surface area contributed by atoms with Gasteiger partial charge in [-0.3, -0.25) is 14.9 Å². The topological polar surface area (TPSA) is 84.7 Å². The van der Waals surface area contributed by atoms with E-state index in [1.54, 1.807) is 12.1 Å². The average molecular weight is 414 g/mol. The van der Waals surface area contributed by atoms with Gasteiger partial charge in [0.2, 0.25) is 0 Å². The zero-order valence-electron chi connectivity index (χ0n) is 17.6. The molecule has 5 aliphatic rings. The molecule has 5 fully saturated rings. The summed E-state index contributed by atoms with van der Waals surface area (Å²) in [6, 6.07) is 4.97. The van der Waals surface area contributed by atoms with Crippen molar-refractivity contribution in [3.8, 4) is 0 Å². The molecule has 0 aromatic heterocycles. The number of amides is 1. The molecular formula is C23H31N3O4. The summed E-state index contributed by atoms with van der Waals surface area (Å²) in [7, 11) is 0. The van der Waals surface area contributed by atoms with Crippen molar-refractivity contribution in [1.29, 1.82) is 0 Å². The first-order valence-corrected chi connectivity index (χ1v) is 11.4. The fourth-order valence-corrected chi connectivity index (χ4v) is 7.02. The van der Waals surface area contributed by atoms with Gasteiger partial charge in [0, 0.05) is 30.8 Å². The Labute approximate surface area is 177 Å². The van der Waals surface area contributed by atoms with Crippen molar-refractivity contribution in [2.75, 3.05) is 31.2 Å². The maximum absolute atomic E-state index is 13.0. The highest BCUT2D eigenvalue weighted by molar-refractivity contribution is 5.96. The Bertz CT molecular complexity index is 814. The van der Waals surface area contributed by atoms with Crippen molar-refractivity contribution in [3.05, 3.63) is 33.9 Å². The Morgan fingerprint density at radius 1 is 1.17 bits per heavy atom. The summed E-state index contributed by atoms with van der Waals surface area (Å²) in [5.74, 6) is 2.27. The van der Waals surface area contributed by atoms with Crippen LogP contribution in [0, 0.1) is 33.3 Å². The monoisotopic (exact) mass is 413 g/mol. The van der Waals surface area contributed by atoms with Gasteiger partial charge in [0.25, 0.3) is 11.6 Å². The lowest BCUT2D eigenvalue weighted by atomic mass is 9.48. The number of hydrogen-bond donors (Lipinski definition) is 1. The van der Waals surface area contributed by atoms with Gasteiger partial charge in [0.15, 0.2) is 0 Å². The Morgan fingerprint density at radius 2 is 1.77 bits per heavy atom. The number of nitro benzene ring substituents is 1. The predicted octanol–water partition coefficient (Wildman–Crippen LogP) is 3.77. The van der Waals surface area contributed by atoms with Crippen LogP contribution < -0.4 is 10.2 Å². The largest absolute Gasteiger partial charge is 0.378 e. The predicted molar refractivity (Wildman–Crippen MR) is 114 cm³/mol. The van der Waals surface area contributed by atoms with Crippen molar-refractivity contribution >= 4 is 17.3 Å². The van der Waals surface area contributed by atoms with E-state index in [1.807, 2.05) is 4.90 Å². The van der Waals surface area contributed by atoms with Gasteiger partial charge >= 0.3 is 0 Å². The first-order chi connectivity index (χ1) is 14.4. The highest BCUT2D eigenvalue weighted by Gasteiger charge is 2.53. The lowest BCUT2D eigenvalue weighted by molar-refractivity contribution is -0.384. The fraction of sp³-hybridized carbons (Fsp3) is 0.696. The van der Waals surface area contributed by atoms with Gasteiger partial charge in [0.05, 0.1) is 18.1 Å². The van der Waals surface area contributed by atoms with Crippen LogP contribution in [0.25, 0.3) is 0 Å². The van der Waals surface area contributed by atoms with Crippen LogP contribution in [0.2, 0.25) is 0 Å². The van der Waals surface area contributed by atoms with E-state index in [9.17, 15) is 14.9 Å². The molecule has 7 heteroatoms. The minimum atomic E-state index is -0.385. The zero-order valence-corrected chi connectivity index (χ0v) is 17.6. The summed E-state index contributed by atoms with van der Waals surface area (Å²) < 4.78 is 5.35. The maximum Gasteiger partial charge on any atom is 0.293 e. The number of carbonyl (C=O) groups excluding carboxylic acids is 1. The molecule has 162 valence electrons. The third-order valence-corrected chi connectivity index (χ3v) is 8.14. The van der Waals surface area contributed by atoms with Gasteiger partial charge < -0.3 is 15.0 Å². The lowest BCUT2D eigenvalue weighted by Crippen LogP contribution is -2.55. The Hall–Kier alpha value is -2.15. The van der Waals surface area contributed by atoms with E-state index in [2.05, 4.69) is 12.2 Å². The second-order valence-electron chi connectivity index (χ2n) is 10.0. The van der Waals surface area contributed by atoms with E-state index in [-0.39, 0.29) is 28.0 Å². The minimum Gasteiger partial charge on any atom is -0.378 e. The molecule has 4 aliphatic carbocycles. The SMILES string of the molecule is C[C@H](NC(=O)c1ccc(N2CCOCC2)c([N+](=O)[O-])c1)C12CC3CC(CC(C3)C1)C2. The molecule has 1 amide bonds. The smallest absolute Gasteiger partial charge is 0.293 e. The Morgan fingerprint density at radius 3 is 2.33 bits per heavy atom. The number of ether oxygens (including phenoxy) is 1. The van der Waals surface area contributed by atoms with Crippen molar-refractivity contribution in [1.82, 2.24) is 5.32 Å². The molecule has 1 aromatic carbocycles. The normalized spacial score (nSPS) is 33.4. The molecule has 1 N–H and O–H groups in total. The Balaban J connectivity index is 1.33. The number of rotatable bonds is 5. The van der Waals surface area contributed by atoms with Gasteiger partial charge in [-0.2, -0.15) is 0 Å². The number of morpholine rings is 1. The molecule has 6 rings (SSSR count). The summed E-state index contributed by atoms with van der Waals surface area (Å²) in [6.07, 6.45) is 7.77. The van der Waals surface area contributed by atoms with Crippen LogP contribution in [0.1, 0.15) is 55.8 Å². The molecule has 1 heterocycles. The number of benzene rings is 1. The highest BCUT2D eigenvalue weighted by Crippen LogP contribution is 2.61. The third-order valence-electron chi connectivity index (χ3n) is 8.14. The standard InChI is InChI=1S/C23H31N3O4/c1-15(23-12-16-8-17(13-23)10-18(9-16)14-23)24-22(27)19-2-3-20(21(11-19)26(28)29)25-4-6-30-7-5-25/h2-3,11,15-18H,4-10,12-14H2,1H3,(H,24,27)/t15-,16?,17?,18?,23?/m0/s1. The Kier molecular flexibility index (Phi) is 4.96. The summed E-state index contributed by atoms with van der Waals surface area (Å²) in [5.41, 5.74) is 1.14. The zero-order chi connectivity index (χ0) is 20.9. The minimum absolute atomic E-state index is 0.00740. The van der Waals surface area contributed by atoms with E-state index in [0.717, 1.165) is 17.8 Å². The third kappa shape index (κ3) is 3.47. The first-order valence-electron chi connectivity index (χ1n) is 11.4. The van der Waals surface area contributed by atoms with E-state index >= 15 is 0 Å². The van der Waals surface area contributed by atoms with Gasteiger partial charge in [-0.1, -0.05) is 0 Å². The van der Waals surface area contributed by atoms with Gasteiger partial charge in [-0.15, -0.1) is 0 Å².